The van der Waals surface area contributed by atoms with Crippen LogP contribution in [0.2, 0.25) is 0 Å². The molecule has 3 atom stereocenters. The van der Waals surface area contributed by atoms with E-state index in [1.54, 1.807) is 0 Å². The SMILES string of the molecule is CCC(C)CN1CCC(NC)C(CC)C1. The zero-order valence-corrected chi connectivity index (χ0v) is 10.9. The summed E-state index contributed by atoms with van der Waals surface area (Å²) in [7, 11) is 2.11. The fraction of sp³-hybridized carbons (Fsp3) is 1.00. The van der Waals surface area contributed by atoms with Crippen LogP contribution < -0.4 is 5.32 Å². The van der Waals surface area contributed by atoms with Gasteiger partial charge in [0.2, 0.25) is 0 Å². The third-order valence-corrected chi connectivity index (χ3v) is 3.98. The van der Waals surface area contributed by atoms with Crippen LogP contribution in [0.1, 0.15) is 40.0 Å². The molecule has 0 aliphatic carbocycles. The average molecular weight is 212 g/mol. The van der Waals surface area contributed by atoms with Gasteiger partial charge in [-0.25, -0.2) is 0 Å². The quantitative estimate of drug-likeness (QED) is 0.752. The summed E-state index contributed by atoms with van der Waals surface area (Å²) in [5, 5.41) is 3.47. The number of rotatable bonds is 5. The van der Waals surface area contributed by atoms with Crippen molar-refractivity contribution in [2.24, 2.45) is 11.8 Å². The van der Waals surface area contributed by atoms with Crippen LogP contribution in [0.5, 0.6) is 0 Å². The smallest absolute Gasteiger partial charge is 0.0117 e. The Kier molecular flexibility index (Phi) is 5.62. The van der Waals surface area contributed by atoms with E-state index in [-0.39, 0.29) is 0 Å². The lowest BCUT2D eigenvalue weighted by molar-refractivity contribution is 0.123. The molecule has 1 aliphatic rings. The molecule has 0 bridgehead atoms. The second-order valence-corrected chi connectivity index (χ2v) is 5.13. The molecule has 1 saturated heterocycles. The van der Waals surface area contributed by atoms with Gasteiger partial charge >= 0.3 is 0 Å². The number of nitrogens with zero attached hydrogens (tertiary/aromatic N) is 1. The highest BCUT2D eigenvalue weighted by atomic mass is 15.1. The molecule has 0 spiro atoms. The molecule has 1 N–H and O–H groups in total. The van der Waals surface area contributed by atoms with Crippen LogP contribution in [0, 0.1) is 11.8 Å². The van der Waals surface area contributed by atoms with Gasteiger partial charge in [-0.1, -0.05) is 33.6 Å². The second-order valence-electron chi connectivity index (χ2n) is 5.13. The zero-order valence-electron chi connectivity index (χ0n) is 10.9. The maximum absolute atomic E-state index is 3.47. The predicted octanol–water partition coefficient (Wildman–Crippen LogP) is 2.35. The Labute approximate surface area is 95.4 Å². The van der Waals surface area contributed by atoms with Crippen LogP contribution in [-0.2, 0) is 0 Å². The molecule has 0 aromatic rings. The Balaban J connectivity index is 2.38. The van der Waals surface area contributed by atoms with E-state index in [9.17, 15) is 0 Å². The fourth-order valence-electron chi connectivity index (χ4n) is 2.64. The highest BCUT2D eigenvalue weighted by Gasteiger charge is 2.26. The van der Waals surface area contributed by atoms with Gasteiger partial charge in [0.1, 0.15) is 0 Å². The Hall–Kier alpha value is -0.0800. The maximum atomic E-state index is 3.47. The van der Waals surface area contributed by atoms with Gasteiger partial charge in [-0.05, 0) is 31.8 Å². The van der Waals surface area contributed by atoms with Gasteiger partial charge in [0, 0.05) is 19.1 Å². The molecule has 1 aliphatic heterocycles. The van der Waals surface area contributed by atoms with Gasteiger partial charge in [-0.3, -0.25) is 0 Å². The van der Waals surface area contributed by atoms with E-state index in [1.807, 2.05) is 0 Å². The minimum Gasteiger partial charge on any atom is -0.317 e. The summed E-state index contributed by atoms with van der Waals surface area (Å²) in [6.07, 6.45) is 3.94. The molecule has 0 radical (unpaired) electrons. The van der Waals surface area contributed by atoms with E-state index >= 15 is 0 Å². The summed E-state index contributed by atoms with van der Waals surface area (Å²) in [5.41, 5.74) is 0. The van der Waals surface area contributed by atoms with E-state index in [4.69, 9.17) is 0 Å². The van der Waals surface area contributed by atoms with E-state index in [0.29, 0.717) is 0 Å². The number of nitrogens with one attached hydrogen (secondary N) is 1. The first-order chi connectivity index (χ1) is 7.21. The van der Waals surface area contributed by atoms with Crippen LogP contribution in [0.15, 0.2) is 0 Å². The van der Waals surface area contributed by atoms with Crippen molar-refractivity contribution in [2.75, 3.05) is 26.7 Å². The molecule has 15 heavy (non-hydrogen) atoms. The van der Waals surface area contributed by atoms with Gasteiger partial charge in [0.15, 0.2) is 0 Å². The van der Waals surface area contributed by atoms with Crippen molar-refractivity contribution in [2.45, 2.75) is 46.1 Å². The summed E-state index contributed by atoms with van der Waals surface area (Å²) >= 11 is 0. The van der Waals surface area contributed by atoms with Gasteiger partial charge in [-0.15, -0.1) is 0 Å². The standard InChI is InChI=1S/C13H28N2/c1-5-11(3)9-15-8-7-13(14-4)12(6-2)10-15/h11-14H,5-10H2,1-4H3. The molecule has 0 aromatic heterocycles. The molecular formula is C13H28N2. The van der Waals surface area contributed by atoms with Crippen molar-refractivity contribution < 1.29 is 0 Å². The highest BCUT2D eigenvalue weighted by molar-refractivity contribution is 4.84. The Morgan fingerprint density at radius 1 is 1.40 bits per heavy atom. The number of hydrogen-bond acceptors (Lipinski definition) is 2. The molecule has 3 unspecified atom stereocenters. The fourth-order valence-corrected chi connectivity index (χ4v) is 2.64. The van der Waals surface area contributed by atoms with Crippen LogP contribution in [-0.4, -0.2) is 37.6 Å². The molecule has 1 heterocycles. The lowest BCUT2D eigenvalue weighted by Crippen LogP contribution is -2.49. The summed E-state index contributed by atoms with van der Waals surface area (Å²) in [4.78, 5) is 2.66. The second kappa shape index (κ2) is 6.49. The maximum Gasteiger partial charge on any atom is 0.0117 e. The number of likely N-dealkylation sites (tertiary alicyclic amines) is 1. The van der Waals surface area contributed by atoms with Crippen molar-refractivity contribution in [1.82, 2.24) is 10.2 Å². The monoisotopic (exact) mass is 212 g/mol. The first-order valence-corrected chi connectivity index (χ1v) is 6.60. The lowest BCUT2D eigenvalue weighted by Gasteiger charge is -2.39. The first kappa shape index (κ1) is 13.0. The zero-order chi connectivity index (χ0) is 11.3. The normalized spacial score (nSPS) is 30.4. The average Bonchev–Trinajstić information content (AvgIpc) is 2.28. The summed E-state index contributed by atoms with van der Waals surface area (Å²) in [6.45, 7) is 10.9. The van der Waals surface area contributed by atoms with Gasteiger partial charge in [0.25, 0.3) is 0 Å². The number of hydrogen-bond donors (Lipinski definition) is 1. The van der Waals surface area contributed by atoms with Crippen molar-refractivity contribution in [1.29, 1.82) is 0 Å². The van der Waals surface area contributed by atoms with Gasteiger partial charge in [0.05, 0.1) is 0 Å². The molecule has 1 fully saturated rings. The Morgan fingerprint density at radius 2 is 2.13 bits per heavy atom. The largest absolute Gasteiger partial charge is 0.317 e. The first-order valence-electron chi connectivity index (χ1n) is 6.60. The Morgan fingerprint density at radius 3 is 2.67 bits per heavy atom. The van der Waals surface area contributed by atoms with E-state index < -0.39 is 0 Å². The third-order valence-electron chi connectivity index (χ3n) is 3.98. The molecule has 0 aromatic carbocycles. The lowest BCUT2D eigenvalue weighted by atomic mass is 9.89. The summed E-state index contributed by atoms with van der Waals surface area (Å²) in [6, 6.07) is 0.753. The molecule has 2 heteroatoms. The van der Waals surface area contributed by atoms with Crippen molar-refractivity contribution in [3.8, 4) is 0 Å². The molecule has 0 saturated carbocycles. The molecule has 1 rings (SSSR count). The summed E-state index contributed by atoms with van der Waals surface area (Å²) in [5.74, 6) is 1.71. The van der Waals surface area contributed by atoms with Gasteiger partial charge in [-0.2, -0.15) is 0 Å². The minimum atomic E-state index is 0.753. The van der Waals surface area contributed by atoms with E-state index in [0.717, 1.165) is 17.9 Å². The van der Waals surface area contributed by atoms with Crippen LogP contribution in [0.4, 0.5) is 0 Å². The molecule has 2 nitrogen and oxygen atoms in total. The van der Waals surface area contributed by atoms with E-state index in [1.165, 1.54) is 38.9 Å². The molecule has 0 amide bonds. The molecule has 90 valence electrons. The van der Waals surface area contributed by atoms with Crippen LogP contribution >= 0.6 is 0 Å². The van der Waals surface area contributed by atoms with Crippen LogP contribution in [0.25, 0.3) is 0 Å². The number of piperidine rings is 1. The predicted molar refractivity (Wildman–Crippen MR) is 67.1 cm³/mol. The third kappa shape index (κ3) is 3.76. The van der Waals surface area contributed by atoms with Crippen molar-refractivity contribution >= 4 is 0 Å². The highest BCUT2D eigenvalue weighted by Crippen LogP contribution is 2.21. The van der Waals surface area contributed by atoms with E-state index in [2.05, 4.69) is 38.0 Å². The van der Waals surface area contributed by atoms with Crippen molar-refractivity contribution in [3.05, 3.63) is 0 Å². The molecular weight excluding hydrogens is 184 g/mol. The summed E-state index contributed by atoms with van der Waals surface area (Å²) < 4.78 is 0. The van der Waals surface area contributed by atoms with Gasteiger partial charge < -0.3 is 10.2 Å². The van der Waals surface area contributed by atoms with Crippen LogP contribution in [0.3, 0.4) is 0 Å². The van der Waals surface area contributed by atoms with Crippen molar-refractivity contribution in [3.63, 3.8) is 0 Å². The minimum absolute atomic E-state index is 0.753. The Bertz CT molecular complexity index is 170. The topological polar surface area (TPSA) is 15.3 Å².